The topological polar surface area (TPSA) is 102 Å². The lowest BCUT2D eigenvalue weighted by molar-refractivity contribution is -0.154. The first-order valence-corrected chi connectivity index (χ1v) is 24.9. The van der Waals surface area contributed by atoms with Crippen molar-refractivity contribution in [3.8, 4) is 0 Å². The normalized spacial score (nSPS) is 12.5. The van der Waals surface area contributed by atoms with Crippen molar-refractivity contribution in [1.82, 2.24) is 0 Å². The summed E-state index contributed by atoms with van der Waals surface area (Å²) in [5.41, 5.74) is 0. The van der Waals surface area contributed by atoms with Gasteiger partial charge in [-0.2, -0.15) is 0 Å². The lowest BCUT2D eigenvalue weighted by Gasteiger charge is -2.18. The average molecular weight is 775 g/mol. The van der Waals surface area contributed by atoms with Gasteiger partial charge in [-0.25, -0.2) is 4.57 Å². The molecule has 0 spiro atoms. The van der Waals surface area contributed by atoms with E-state index in [0.29, 0.717) is 13.0 Å². The maximum Gasteiger partial charge on any atom is 0.469 e. The van der Waals surface area contributed by atoms with Crippen LogP contribution in [0, 0.1) is 0 Å². The fourth-order valence-electron chi connectivity index (χ4n) is 7.21. The van der Waals surface area contributed by atoms with Crippen LogP contribution >= 0.6 is 7.82 Å². The van der Waals surface area contributed by atoms with Crippen molar-refractivity contribution in [2.45, 2.75) is 264 Å². The fraction of sp³-hybridized carbons (Fsp3) is 0.978. The average Bonchev–Trinajstić information content (AvgIpc) is 3.13. The van der Waals surface area contributed by atoms with E-state index >= 15 is 0 Å². The maximum absolute atomic E-state index is 12.4. The molecule has 8 heteroatoms. The second kappa shape index (κ2) is 42.7. The molecule has 0 aliphatic rings. The van der Waals surface area contributed by atoms with Gasteiger partial charge in [0.15, 0.2) is 0 Å². The Morgan fingerprint density at radius 2 is 0.717 bits per heavy atom. The van der Waals surface area contributed by atoms with E-state index in [1.807, 2.05) is 0 Å². The molecule has 0 aliphatic carbocycles. The van der Waals surface area contributed by atoms with Gasteiger partial charge in [0, 0.05) is 13.0 Å². The molecule has 0 bridgehead atoms. The minimum atomic E-state index is -4.65. The van der Waals surface area contributed by atoms with Crippen LogP contribution in [0.1, 0.15) is 258 Å². The third kappa shape index (κ3) is 45.8. The van der Waals surface area contributed by atoms with E-state index in [4.69, 9.17) is 19.3 Å². The van der Waals surface area contributed by atoms with Gasteiger partial charge in [-0.15, -0.1) is 0 Å². The monoisotopic (exact) mass is 775 g/mol. The number of carbonyl (C=O) groups excluding carboxylic acids is 1. The van der Waals surface area contributed by atoms with Crippen molar-refractivity contribution in [3.63, 3.8) is 0 Å². The molecule has 0 amide bonds. The van der Waals surface area contributed by atoms with Gasteiger partial charge in [0.2, 0.25) is 0 Å². The van der Waals surface area contributed by atoms with Crippen molar-refractivity contribution in [2.24, 2.45) is 0 Å². The van der Waals surface area contributed by atoms with E-state index in [1.54, 1.807) is 0 Å². The Morgan fingerprint density at radius 3 is 1.02 bits per heavy atom. The summed E-state index contributed by atoms with van der Waals surface area (Å²) in [5.74, 6) is -0.354. The first-order valence-electron chi connectivity index (χ1n) is 23.4. The van der Waals surface area contributed by atoms with Crippen LogP contribution in [0.4, 0.5) is 0 Å². The summed E-state index contributed by atoms with van der Waals surface area (Å²) < 4.78 is 27.0. The van der Waals surface area contributed by atoms with Gasteiger partial charge in [0.1, 0.15) is 6.10 Å². The number of carbonyl (C=O) groups is 1. The zero-order valence-corrected chi connectivity index (χ0v) is 36.3. The minimum absolute atomic E-state index is 0.0866. The first-order chi connectivity index (χ1) is 25.9. The van der Waals surface area contributed by atoms with Crippen LogP contribution in [0.5, 0.6) is 0 Å². The lowest BCUT2D eigenvalue weighted by Crippen LogP contribution is -2.28. The second-order valence-electron chi connectivity index (χ2n) is 16.1. The Hall–Kier alpha value is -0.460. The predicted molar refractivity (Wildman–Crippen MR) is 225 cm³/mol. The summed E-state index contributed by atoms with van der Waals surface area (Å²) in [6.07, 6.45) is 48.3. The summed E-state index contributed by atoms with van der Waals surface area (Å²) in [6, 6.07) is 0. The molecule has 0 unspecified atom stereocenters. The van der Waals surface area contributed by atoms with Crippen molar-refractivity contribution in [2.75, 3.05) is 19.8 Å². The van der Waals surface area contributed by atoms with E-state index in [-0.39, 0.29) is 19.2 Å². The standard InChI is InChI=1S/C45H91O7P/c1-3-5-7-9-11-13-15-17-18-19-20-21-22-23-24-25-26-27-28-29-30-32-34-36-38-40-45(46)52-44(43-51-53(47,48)49)42-50-41-39-37-35-33-31-16-14-12-10-8-6-4-2/h44H,3-43H2,1-2H3,(H2,47,48,49)/t44-/m1/s1. The van der Waals surface area contributed by atoms with Crippen molar-refractivity contribution in [3.05, 3.63) is 0 Å². The van der Waals surface area contributed by atoms with E-state index in [9.17, 15) is 9.36 Å². The third-order valence-electron chi connectivity index (χ3n) is 10.7. The molecular weight excluding hydrogens is 683 g/mol. The van der Waals surface area contributed by atoms with Crippen LogP contribution in [0.2, 0.25) is 0 Å². The van der Waals surface area contributed by atoms with E-state index in [1.165, 1.54) is 205 Å². The SMILES string of the molecule is CCCCCCCCCCCCCCCCCCCCCCCCCCCC(=O)O[C@H](COCCCCCCCCCCCCCC)COP(=O)(O)O. The van der Waals surface area contributed by atoms with Gasteiger partial charge in [-0.05, 0) is 12.8 Å². The van der Waals surface area contributed by atoms with Crippen molar-refractivity contribution >= 4 is 13.8 Å². The molecule has 0 aromatic heterocycles. The van der Waals surface area contributed by atoms with Crippen LogP contribution < -0.4 is 0 Å². The van der Waals surface area contributed by atoms with Gasteiger partial charge in [-0.1, -0.05) is 239 Å². The third-order valence-corrected chi connectivity index (χ3v) is 11.1. The molecule has 0 saturated carbocycles. The van der Waals surface area contributed by atoms with Crippen LogP contribution in [0.3, 0.4) is 0 Å². The minimum Gasteiger partial charge on any atom is -0.457 e. The summed E-state index contributed by atoms with van der Waals surface area (Å²) in [6.45, 7) is 4.81. The number of hydrogen-bond acceptors (Lipinski definition) is 5. The van der Waals surface area contributed by atoms with Crippen LogP contribution in [0.15, 0.2) is 0 Å². The second-order valence-corrected chi connectivity index (χ2v) is 17.3. The smallest absolute Gasteiger partial charge is 0.457 e. The van der Waals surface area contributed by atoms with E-state index in [2.05, 4.69) is 18.4 Å². The summed E-state index contributed by atoms with van der Waals surface area (Å²) in [5, 5.41) is 0. The number of phosphoric ester groups is 1. The van der Waals surface area contributed by atoms with Gasteiger partial charge in [0.25, 0.3) is 0 Å². The zero-order chi connectivity index (χ0) is 38.8. The largest absolute Gasteiger partial charge is 0.469 e. The fourth-order valence-corrected chi connectivity index (χ4v) is 7.57. The van der Waals surface area contributed by atoms with Gasteiger partial charge >= 0.3 is 13.8 Å². The number of rotatable bonds is 45. The molecular formula is C45H91O7P. The molecule has 53 heavy (non-hydrogen) atoms. The van der Waals surface area contributed by atoms with Crippen LogP contribution in [0.25, 0.3) is 0 Å². The predicted octanol–water partition coefficient (Wildman–Crippen LogP) is 14.9. The molecule has 0 aromatic rings. The zero-order valence-electron chi connectivity index (χ0n) is 35.5. The lowest BCUT2D eigenvalue weighted by atomic mass is 10.0. The number of ether oxygens (including phenoxy) is 2. The quantitative estimate of drug-likeness (QED) is 0.0361. The molecule has 2 N–H and O–H groups in total. The molecule has 0 aromatic carbocycles. The molecule has 0 rings (SSSR count). The Balaban J connectivity index is 3.62. The molecule has 0 fully saturated rings. The highest BCUT2D eigenvalue weighted by molar-refractivity contribution is 7.46. The Morgan fingerprint density at radius 1 is 0.434 bits per heavy atom. The highest BCUT2D eigenvalue weighted by Crippen LogP contribution is 2.36. The number of phosphoric acid groups is 1. The number of unbranched alkanes of at least 4 members (excludes halogenated alkanes) is 35. The number of hydrogen-bond donors (Lipinski definition) is 2. The molecule has 0 heterocycles. The Bertz CT molecular complexity index is 774. The van der Waals surface area contributed by atoms with Crippen LogP contribution in [-0.4, -0.2) is 41.7 Å². The highest BCUT2D eigenvalue weighted by atomic mass is 31.2. The molecule has 0 radical (unpaired) electrons. The number of esters is 1. The summed E-state index contributed by atoms with van der Waals surface area (Å²) >= 11 is 0. The molecule has 0 saturated heterocycles. The first kappa shape index (κ1) is 52.5. The molecule has 0 aliphatic heterocycles. The molecule has 7 nitrogen and oxygen atoms in total. The molecule has 1 atom stereocenters. The maximum atomic E-state index is 12.4. The van der Waals surface area contributed by atoms with Crippen molar-refractivity contribution in [1.29, 1.82) is 0 Å². The van der Waals surface area contributed by atoms with Gasteiger partial charge in [-0.3, -0.25) is 9.32 Å². The summed E-state index contributed by atoms with van der Waals surface area (Å²) in [7, 11) is -4.65. The Kier molecular flexibility index (Phi) is 42.3. The Labute approximate surface area is 329 Å². The highest BCUT2D eigenvalue weighted by Gasteiger charge is 2.21. The van der Waals surface area contributed by atoms with Crippen molar-refractivity contribution < 1.29 is 33.1 Å². The van der Waals surface area contributed by atoms with Gasteiger partial charge < -0.3 is 19.3 Å². The van der Waals surface area contributed by atoms with E-state index < -0.39 is 13.9 Å². The van der Waals surface area contributed by atoms with Crippen LogP contribution in [-0.2, 0) is 23.4 Å². The van der Waals surface area contributed by atoms with Gasteiger partial charge in [0.05, 0.1) is 13.2 Å². The summed E-state index contributed by atoms with van der Waals surface area (Å²) in [4.78, 5) is 30.6. The van der Waals surface area contributed by atoms with E-state index in [0.717, 1.165) is 32.1 Å². The molecule has 318 valence electrons.